The molecule has 2 amide bonds. The largest absolute Gasteiger partial charge is 0.390 e. The summed E-state index contributed by atoms with van der Waals surface area (Å²) in [6.45, 7) is 12.7. The summed E-state index contributed by atoms with van der Waals surface area (Å²) < 4.78 is 0. The zero-order valence-corrected chi connectivity index (χ0v) is 24.8. The Hall–Kier alpha value is -3.44. The molecular formula is C35H44N2O3. The second kappa shape index (κ2) is 12.0. The van der Waals surface area contributed by atoms with Crippen molar-refractivity contribution in [2.24, 2.45) is 5.92 Å². The van der Waals surface area contributed by atoms with E-state index in [-0.39, 0.29) is 29.2 Å². The van der Waals surface area contributed by atoms with Gasteiger partial charge in [-0.3, -0.25) is 9.59 Å². The number of nitrogens with one attached hydrogen (secondary N) is 1. The third-order valence-corrected chi connectivity index (χ3v) is 7.95. The molecule has 2 atom stereocenters. The maximum absolute atomic E-state index is 13.9. The van der Waals surface area contributed by atoms with Gasteiger partial charge in [0.25, 0.3) is 5.91 Å². The first kappa shape index (κ1) is 29.5. The number of aryl methyl sites for hydroxylation is 2. The van der Waals surface area contributed by atoms with E-state index in [0.29, 0.717) is 24.9 Å². The maximum atomic E-state index is 13.9. The van der Waals surface area contributed by atoms with Gasteiger partial charge in [-0.1, -0.05) is 75.4 Å². The number of benzene rings is 3. The molecule has 40 heavy (non-hydrogen) atoms. The van der Waals surface area contributed by atoms with Crippen LogP contribution in [0.15, 0.2) is 72.8 Å². The Labute approximate surface area is 239 Å². The number of carbonyl (C=O) groups is 2. The van der Waals surface area contributed by atoms with Gasteiger partial charge >= 0.3 is 0 Å². The molecule has 0 bridgehead atoms. The number of aliphatic hydroxyl groups is 1. The topological polar surface area (TPSA) is 69.6 Å². The molecule has 212 valence electrons. The molecule has 3 aromatic rings. The summed E-state index contributed by atoms with van der Waals surface area (Å²) in [7, 11) is 0. The van der Waals surface area contributed by atoms with Gasteiger partial charge in [0, 0.05) is 17.8 Å². The lowest BCUT2D eigenvalue weighted by molar-refractivity contribution is -0.123. The van der Waals surface area contributed by atoms with Crippen molar-refractivity contribution in [1.82, 2.24) is 4.90 Å². The van der Waals surface area contributed by atoms with Gasteiger partial charge in [-0.2, -0.15) is 0 Å². The Balaban J connectivity index is 1.67. The zero-order valence-electron chi connectivity index (χ0n) is 24.8. The number of carbonyl (C=O) groups excluding carboxylic acids is 2. The predicted octanol–water partition coefficient (Wildman–Crippen LogP) is 7.23. The van der Waals surface area contributed by atoms with E-state index >= 15 is 0 Å². The van der Waals surface area contributed by atoms with Crippen molar-refractivity contribution in [2.75, 3.05) is 11.9 Å². The number of piperidine rings is 1. The van der Waals surface area contributed by atoms with Gasteiger partial charge in [-0.15, -0.1) is 0 Å². The predicted molar refractivity (Wildman–Crippen MR) is 163 cm³/mol. The van der Waals surface area contributed by atoms with Crippen LogP contribution in [0.5, 0.6) is 0 Å². The molecule has 3 aromatic carbocycles. The highest BCUT2D eigenvalue weighted by Crippen LogP contribution is 2.38. The third kappa shape index (κ3) is 7.19. The smallest absolute Gasteiger partial charge is 0.254 e. The first-order valence-corrected chi connectivity index (χ1v) is 14.4. The Morgan fingerprint density at radius 1 is 0.950 bits per heavy atom. The number of nitrogens with zero attached hydrogens (tertiary/aromatic N) is 1. The summed E-state index contributed by atoms with van der Waals surface area (Å²) in [5.41, 5.74) is 4.86. The molecule has 0 aliphatic carbocycles. The normalized spacial score (nSPS) is 17.9. The van der Waals surface area contributed by atoms with Crippen LogP contribution < -0.4 is 5.32 Å². The van der Waals surface area contributed by atoms with E-state index in [0.717, 1.165) is 40.8 Å². The van der Waals surface area contributed by atoms with E-state index in [1.54, 1.807) is 0 Å². The molecule has 0 saturated carbocycles. The molecule has 1 aliphatic heterocycles. The van der Waals surface area contributed by atoms with Crippen molar-refractivity contribution >= 4 is 17.5 Å². The van der Waals surface area contributed by atoms with Crippen LogP contribution >= 0.6 is 0 Å². The SMILES string of the molecule is Cc1ccccc1C(=O)N1CCCC(C(=O)Nc2cccc(C(C)(C)C)c2)C1c1ccc(CCC(C)(C)O)cc1. The summed E-state index contributed by atoms with van der Waals surface area (Å²) in [6, 6.07) is 23.5. The molecular weight excluding hydrogens is 496 g/mol. The highest BCUT2D eigenvalue weighted by atomic mass is 16.3. The lowest BCUT2D eigenvalue weighted by atomic mass is 9.82. The van der Waals surface area contributed by atoms with Crippen molar-refractivity contribution in [2.45, 2.75) is 84.3 Å². The fourth-order valence-electron chi connectivity index (χ4n) is 5.51. The number of anilines is 1. The van der Waals surface area contributed by atoms with Crippen LogP contribution in [0.2, 0.25) is 0 Å². The molecule has 1 fully saturated rings. The minimum absolute atomic E-state index is 0.0299. The molecule has 5 nitrogen and oxygen atoms in total. The second-order valence-electron chi connectivity index (χ2n) is 12.9. The lowest BCUT2D eigenvalue weighted by Crippen LogP contribution is -2.46. The quantitative estimate of drug-likeness (QED) is 0.332. The van der Waals surface area contributed by atoms with E-state index in [2.05, 4.69) is 44.3 Å². The van der Waals surface area contributed by atoms with Crippen LogP contribution in [0.3, 0.4) is 0 Å². The fourth-order valence-corrected chi connectivity index (χ4v) is 5.51. The lowest BCUT2D eigenvalue weighted by Gasteiger charge is -2.41. The van der Waals surface area contributed by atoms with Gasteiger partial charge in [-0.05, 0) is 92.3 Å². The molecule has 1 heterocycles. The van der Waals surface area contributed by atoms with Gasteiger partial charge in [-0.25, -0.2) is 0 Å². The van der Waals surface area contributed by atoms with E-state index in [1.165, 1.54) is 0 Å². The van der Waals surface area contributed by atoms with Crippen molar-refractivity contribution < 1.29 is 14.7 Å². The first-order valence-electron chi connectivity index (χ1n) is 14.4. The van der Waals surface area contributed by atoms with Crippen LogP contribution in [-0.2, 0) is 16.6 Å². The van der Waals surface area contributed by atoms with Crippen LogP contribution in [0.4, 0.5) is 5.69 Å². The standard InChI is InChI=1S/C35H44N2O3/c1-24-11-7-8-14-29(24)33(39)37-22-10-15-30(32(38)36-28-13-9-12-27(23-28)34(2,3)4)31(37)26-18-16-25(17-19-26)20-21-35(5,6)40/h7-9,11-14,16-19,23,30-31,40H,10,15,20-22H2,1-6H3,(H,36,38). The molecule has 5 heteroatoms. The summed E-state index contributed by atoms with van der Waals surface area (Å²) in [5, 5.41) is 13.3. The maximum Gasteiger partial charge on any atom is 0.254 e. The van der Waals surface area contributed by atoms with E-state index in [4.69, 9.17) is 0 Å². The summed E-state index contributed by atoms with van der Waals surface area (Å²) >= 11 is 0. The summed E-state index contributed by atoms with van der Waals surface area (Å²) in [5.74, 6) is -0.492. The van der Waals surface area contributed by atoms with Crippen molar-refractivity contribution in [3.8, 4) is 0 Å². The minimum atomic E-state index is -0.730. The highest BCUT2D eigenvalue weighted by molar-refractivity contribution is 5.98. The third-order valence-electron chi connectivity index (χ3n) is 7.95. The molecule has 1 saturated heterocycles. The summed E-state index contributed by atoms with van der Waals surface area (Å²) in [6.07, 6.45) is 2.88. The van der Waals surface area contributed by atoms with Gasteiger partial charge in [0.2, 0.25) is 5.91 Å². The molecule has 0 aromatic heterocycles. The van der Waals surface area contributed by atoms with Crippen LogP contribution in [0.25, 0.3) is 0 Å². The van der Waals surface area contributed by atoms with E-state index in [9.17, 15) is 14.7 Å². The molecule has 2 unspecified atom stereocenters. The van der Waals surface area contributed by atoms with Crippen molar-refractivity contribution in [1.29, 1.82) is 0 Å². The number of likely N-dealkylation sites (tertiary alicyclic amines) is 1. The van der Waals surface area contributed by atoms with Gasteiger partial charge in [0.05, 0.1) is 17.6 Å². The Morgan fingerprint density at radius 2 is 1.65 bits per heavy atom. The Bertz CT molecular complexity index is 1330. The molecule has 4 rings (SSSR count). The average molecular weight is 541 g/mol. The summed E-state index contributed by atoms with van der Waals surface area (Å²) in [4.78, 5) is 29.7. The first-order chi connectivity index (χ1) is 18.8. The molecule has 1 aliphatic rings. The van der Waals surface area contributed by atoms with E-state index < -0.39 is 5.60 Å². The van der Waals surface area contributed by atoms with Crippen LogP contribution in [0, 0.1) is 12.8 Å². The van der Waals surface area contributed by atoms with E-state index in [1.807, 2.05) is 80.3 Å². The average Bonchev–Trinajstić information content (AvgIpc) is 2.91. The number of hydrogen-bond acceptors (Lipinski definition) is 3. The Morgan fingerprint density at radius 3 is 2.30 bits per heavy atom. The second-order valence-corrected chi connectivity index (χ2v) is 12.9. The van der Waals surface area contributed by atoms with Crippen LogP contribution in [0.1, 0.15) is 92.5 Å². The minimum Gasteiger partial charge on any atom is -0.390 e. The molecule has 0 spiro atoms. The van der Waals surface area contributed by atoms with Crippen molar-refractivity contribution in [3.05, 3.63) is 101 Å². The number of amides is 2. The van der Waals surface area contributed by atoms with Gasteiger partial charge in [0.15, 0.2) is 0 Å². The molecule has 2 N–H and O–H groups in total. The monoisotopic (exact) mass is 540 g/mol. The van der Waals surface area contributed by atoms with Gasteiger partial charge in [0.1, 0.15) is 0 Å². The zero-order chi connectivity index (χ0) is 29.1. The number of hydrogen-bond donors (Lipinski definition) is 2. The number of rotatable bonds is 7. The van der Waals surface area contributed by atoms with Crippen LogP contribution in [-0.4, -0.2) is 34.0 Å². The Kier molecular flexibility index (Phi) is 8.84. The highest BCUT2D eigenvalue weighted by Gasteiger charge is 2.40. The van der Waals surface area contributed by atoms with Crippen molar-refractivity contribution in [3.63, 3.8) is 0 Å². The van der Waals surface area contributed by atoms with Gasteiger partial charge < -0.3 is 15.3 Å². The molecule has 0 radical (unpaired) electrons. The fraction of sp³-hybridized carbons (Fsp3) is 0.429.